The van der Waals surface area contributed by atoms with Crippen LogP contribution in [0, 0.1) is 11.8 Å². The van der Waals surface area contributed by atoms with E-state index in [1.807, 2.05) is 18.2 Å². The lowest BCUT2D eigenvalue weighted by molar-refractivity contribution is -0.138. The van der Waals surface area contributed by atoms with Crippen LogP contribution in [0.5, 0.6) is 5.75 Å². The van der Waals surface area contributed by atoms with E-state index in [2.05, 4.69) is 15.9 Å². The van der Waals surface area contributed by atoms with Gasteiger partial charge in [-0.05, 0) is 45.9 Å². The Kier molecular flexibility index (Phi) is 3.30. The number of carbonyl (C=O) groups excluding carboxylic acids is 1. The van der Waals surface area contributed by atoms with Crippen molar-refractivity contribution in [2.24, 2.45) is 11.8 Å². The summed E-state index contributed by atoms with van der Waals surface area (Å²) in [6.45, 7) is 0. The number of carbonyl (C=O) groups is 2. The van der Waals surface area contributed by atoms with E-state index < -0.39 is 11.9 Å². The molecule has 4 nitrogen and oxygen atoms in total. The first kappa shape index (κ1) is 13.6. The summed E-state index contributed by atoms with van der Waals surface area (Å²) in [7, 11) is 1.59. The molecule has 1 aliphatic rings. The number of ketones is 1. The topological polar surface area (TPSA) is 63.6 Å². The van der Waals surface area contributed by atoms with Crippen molar-refractivity contribution in [3.8, 4) is 5.75 Å². The van der Waals surface area contributed by atoms with Crippen LogP contribution in [0.4, 0.5) is 0 Å². The highest BCUT2D eigenvalue weighted by Crippen LogP contribution is 2.43. The molecule has 0 saturated heterocycles. The third-order valence-corrected chi connectivity index (χ3v) is 5.21. The number of ether oxygens (including phenoxy) is 1. The zero-order chi connectivity index (χ0) is 14.4. The monoisotopic (exact) mass is 354 g/mol. The van der Waals surface area contributed by atoms with Crippen LogP contribution in [-0.4, -0.2) is 24.0 Å². The lowest BCUT2D eigenvalue weighted by Gasteiger charge is -2.01. The number of methoxy groups -OCH3 is 1. The Hall–Kier alpha value is -1.40. The molecule has 1 fully saturated rings. The molecule has 104 valence electrons. The Morgan fingerprint density at radius 1 is 1.35 bits per heavy atom. The highest BCUT2D eigenvalue weighted by atomic mass is 79.9. The second kappa shape index (κ2) is 4.86. The van der Waals surface area contributed by atoms with Gasteiger partial charge in [0.15, 0.2) is 5.78 Å². The van der Waals surface area contributed by atoms with E-state index in [0.717, 1.165) is 14.6 Å². The van der Waals surface area contributed by atoms with Crippen LogP contribution >= 0.6 is 27.3 Å². The molecule has 20 heavy (non-hydrogen) atoms. The number of benzene rings is 1. The molecule has 0 aliphatic heterocycles. The first-order valence-corrected chi connectivity index (χ1v) is 7.66. The fraction of sp³-hybridized carbons (Fsp3) is 0.286. The van der Waals surface area contributed by atoms with E-state index in [9.17, 15) is 9.59 Å². The van der Waals surface area contributed by atoms with Crippen molar-refractivity contribution in [2.45, 2.75) is 6.42 Å². The first-order valence-electron chi connectivity index (χ1n) is 6.05. The summed E-state index contributed by atoms with van der Waals surface area (Å²) in [4.78, 5) is 23.7. The molecule has 0 bridgehead atoms. The van der Waals surface area contributed by atoms with Gasteiger partial charge in [-0.25, -0.2) is 0 Å². The van der Waals surface area contributed by atoms with Crippen LogP contribution in [0.15, 0.2) is 22.7 Å². The molecule has 1 heterocycles. The Balaban J connectivity index is 1.93. The number of halogens is 1. The maximum atomic E-state index is 12.2. The van der Waals surface area contributed by atoms with Crippen molar-refractivity contribution in [3.05, 3.63) is 27.5 Å². The van der Waals surface area contributed by atoms with Gasteiger partial charge >= 0.3 is 5.97 Å². The van der Waals surface area contributed by atoms with Crippen LogP contribution in [0.2, 0.25) is 0 Å². The summed E-state index contributed by atoms with van der Waals surface area (Å²) in [6.07, 6.45) is 0.454. The summed E-state index contributed by atoms with van der Waals surface area (Å²) in [5, 5.41) is 9.85. The molecule has 3 rings (SSSR count). The molecule has 0 amide bonds. The van der Waals surface area contributed by atoms with Crippen molar-refractivity contribution in [1.82, 2.24) is 0 Å². The molecule has 0 spiro atoms. The molecule has 1 aromatic carbocycles. The molecular formula is C14H11BrO4S. The predicted molar refractivity (Wildman–Crippen MR) is 79.6 cm³/mol. The number of hydrogen-bond donors (Lipinski definition) is 1. The Morgan fingerprint density at radius 2 is 2.10 bits per heavy atom. The fourth-order valence-corrected chi connectivity index (χ4v) is 3.86. The lowest BCUT2D eigenvalue weighted by Crippen LogP contribution is -2.06. The first-order chi connectivity index (χ1) is 9.51. The van der Waals surface area contributed by atoms with Crippen molar-refractivity contribution < 1.29 is 19.4 Å². The van der Waals surface area contributed by atoms with Gasteiger partial charge in [0.1, 0.15) is 5.75 Å². The van der Waals surface area contributed by atoms with Gasteiger partial charge in [-0.2, -0.15) is 0 Å². The number of Topliss-reactive ketones (excluding diaryl/α,β-unsaturated/α-hetero) is 1. The normalized spacial score (nSPS) is 20.9. The summed E-state index contributed by atoms with van der Waals surface area (Å²) in [5.74, 6) is -1.09. The minimum atomic E-state index is -0.881. The maximum absolute atomic E-state index is 12.2. The number of carboxylic acid groups (broad SMARTS) is 1. The van der Waals surface area contributed by atoms with Gasteiger partial charge in [-0.3, -0.25) is 9.59 Å². The molecule has 0 radical (unpaired) electrons. The number of hydrogen-bond acceptors (Lipinski definition) is 4. The summed E-state index contributed by atoms with van der Waals surface area (Å²) in [5.41, 5.74) is 0. The number of fused-ring (bicyclic) bond motifs is 1. The van der Waals surface area contributed by atoms with Crippen molar-refractivity contribution in [1.29, 1.82) is 0 Å². The van der Waals surface area contributed by atoms with Gasteiger partial charge < -0.3 is 9.84 Å². The van der Waals surface area contributed by atoms with Crippen molar-refractivity contribution in [2.75, 3.05) is 7.11 Å². The second-order valence-electron chi connectivity index (χ2n) is 4.79. The van der Waals surface area contributed by atoms with E-state index in [0.29, 0.717) is 17.0 Å². The van der Waals surface area contributed by atoms with E-state index in [4.69, 9.17) is 9.84 Å². The Labute approximate surface area is 127 Å². The smallest absolute Gasteiger partial charge is 0.307 e. The quantitative estimate of drug-likeness (QED) is 0.852. The third-order valence-electron chi connectivity index (χ3n) is 3.48. The second-order valence-corrected chi connectivity index (χ2v) is 6.72. The average molecular weight is 355 g/mol. The maximum Gasteiger partial charge on any atom is 0.307 e. The van der Waals surface area contributed by atoms with E-state index >= 15 is 0 Å². The highest BCUT2D eigenvalue weighted by molar-refractivity contribution is 9.10. The standard InChI is InChI=1S/C14H11BrO4S/c1-19-10-5-11-6(2-9(10)15)3-12(20-11)13(16)7-4-8(7)14(17)18/h2-3,5,7-8H,4H2,1H3,(H,17,18)/t7-,8+/m0/s1. The van der Waals surface area contributed by atoms with Gasteiger partial charge in [-0.1, -0.05) is 0 Å². The highest BCUT2D eigenvalue weighted by Gasteiger charge is 2.48. The molecule has 0 unspecified atom stereocenters. The minimum Gasteiger partial charge on any atom is -0.496 e. The molecule has 2 aromatic rings. The summed E-state index contributed by atoms with van der Waals surface area (Å²) in [6, 6.07) is 5.61. The van der Waals surface area contributed by atoms with Crippen LogP contribution in [0.25, 0.3) is 10.1 Å². The zero-order valence-electron chi connectivity index (χ0n) is 10.6. The van der Waals surface area contributed by atoms with Gasteiger partial charge in [-0.15, -0.1) is 11.3 Å². The van der Waals surface area contributed by atoms with E-state index in [1.54, 1.807) is 7.11 Å². The minimum absolute atomic E-state index is 0.0614. The Bertz CT molecular complexity index is 721. The molecule has 1 saturated carbocycles. The zero-order valence-corrected chi connectivity index (χ0v) is 13.0. The molecule has 1 aliphatic carbocycles. The largest absolute Gasteiger partial charge is 0.496 e. The molecule has 1 N–H and O–H groups in total. The number of carboxylic acids is 1. The fourth-order valence-electron chi connectivity index (χ4n) is 2.26. The van der Waals surface area contributed by atoms with Crippen LogP contribution in [-0.2, 0) is 4.79 Å². The number of aliphatic carboxylic acids is 1. The van der Waals surface area contributed by atoms with Gasteiger partial charge in [0.2, 0.25) is 0 Å². The average Bonchev–Trinajstić information content (AvgIpc) is 3.11. The third kappa shape index (κ3) is 2.23. The van der Waals surface area contributed by atoms with Crippen molar-refractivity contribution >= 4 is 49.1 Å². The summed E-state index contributed by atoms with van der Waals surface area (Å²) >= 11 is 4.79. The summed E-state index contributed by atoms with van der Waals surface area (Å²) < 4.78 is 7.02. The Morgan fingerprint density at radius 3 is 2.70 bits per heavy atom. The van der Waals surface area contributed by atoms with Crippen LogP contribution in [0.3, 0.4) is 0 Å². The van der Waals surface area contributed by atoms with Crippen molar-refractivity contribution in [3.63, 3.8) is 0 Å². The van der Waals surface area contributed by atoms with Crippen LogP contribution in [0.1, 0.15) is 16.1 Å². The van der Waals surface area contributed by atoms with Gasteiger partial charge in [0.05, 0.1) is 22.4 Å². The van der Waals surface area contributed by atoms with Crippen LogP contribution < -0.4 is 4.74 Å². The number of rotatable bonds is 4. The molecule has 1 aromatic heterocycles. The predicted octanol–water partition coefficient (Wildman–Crippen LogP) is 3.58. The van der Waals surface area contributed by atoms with Gasteiger partial charge in [0.25, 0.3) is 0 Å². The molecule has 6 heteroatoms. The van der Waals surface area contributed by atoms with Gasteiger partial charge in [0, 0.05) is 10.6 Å². The van der Waals surface area contributed by atoms with E-state index in [1.165, 1.54) is 11.3 Å². The number of thiophene rings is 1. The SMILES string of the molecule is COc1cc2sc(C(=O)[C@H]3C[C@H]3C(=O)O)cc2cc1Br. The molecular weight excluding hydrogens is 344 g/mol. The molecule has 2 atom stereocenters. The lowest BCUT2D eigenvalue weighted by atomic mass is 10.1. The van der Waals surface area contributed by atoms with E-state index in [-0.39, 0.29) is 11.7 Å².